The van der Waals surface area contributed by atoms with E-state index >= 15 is 0 Å². The Hall–Kier alpha value is -1.13. The lowest BCUT2D eigenvalue weighted by Crippen LogP contribution is -2.31. The molecule has 24 heavy (non-hydrogen) atoms. The summed E-state index contributed by atoms with van der Waals surface area (Å²) in [5, 5.41) is 2.78. The molecule has 0 radical (unpaired) electrons. The minimum absolute atomic E-state index is 0.00769. The van der Waals surface area contributed by atoms with Crippen molar-refractivity contribution in [2.75, 3.05) is 59.4 Å². The van der Waals surface area contributed by atoms with E-state index in [9.17, 15) is 4.79 Å². The summed E-state index contributed by atoms with van der Waals surface area (Å²) in [7, 11) is 0. The number of hydrogen-bond acceptors (Lipinski definition) is 5. The van der Waals surface area contributed by atoms with Crippen molar-refractivity contribution < 1.29 is 23.7 Å². The van der Waals surface area contributed by atoms with Crippen molar-refractivity contribution >= 4 is 5.91 Å². The Morgan fingerprint density at radius 2 is 1.33 bits per heavy atom. The molecule has 0 aliphatic rings. The third-order valence-electron chi connectivity index (χ3n) is 2.54. The number of hydrogen-bond donors (Lipinski definition) is 1. The normalized spacial score (nSPS) is 9.75. The smallest absolute Gasteiger partial charge is 0.222 e. The highest BCUT2D eigenvalue weighted by molar-refractivity contribution is 5.77. The van der Waals surface area contributed by atoms with Crippen LogP contribution in [0.4, 0.5) is 0 Å². The number of ether oxygens (including phenoxy) is 4. The van der Waals surface area contributed by atoms with Crippen LogP contribution in [-0.4, -0.2) is 65.3 Å². The molecule has 1 amide bonds. The molecule has 0 spiro atoms. The molecule has 0 bridgehead atoms. The van der Waals surface area contributed by atoms with Gasteiger partial charge in [-0.05, 0) is 6.92 Å². The first-order valence-corrected chi connectivity index (χ1v) is 8.66. The zero-order chi connectivity index (χ0) is 18.5. The number of amides is 1. The first-order valence-electron chi connectivity index (χ1n) is 8.66. The van der Waals surface area contributed by atoms with Gasteiger partial charge in [-0.25, -0.2) is 0 Å². The van der Waals surface area contributed by atoms with E-state index in [1.807, 2.05) is 27.7 Å². The lowest BCUT2D eigenvalue weighted by atomic mass is 10.2. The van der Waals surface area contributed by atoms with Gasteiger partial charge in [0.15, 0.2) is 0 Å². The molecule has 0 fully saturated rings. The van der Waals surface area contributed by atoms with Gasteiger partial charge in [0.2, 0.25) is 5.91 Å². The highest BCUT2D eigenvalue weighted by Crippen LogP contribution is 1.89. The first-order chi connectivity index (χ1) is 11.7. The summed E-state index contributed by atoms with van der Waals surface area (Å²) in [6.07, 6.45) is 0. The zero-order valence-corrected chi connectivity index (χ0v) is 16.0. The van der Waals surface area contributed by atoms with Gasteiger partial charge in [-0.2, -0.15) is 0 Å². The minimum Gasteiger partial charge on any atom is -0.377 e. The van der Waals surface area contributed by atoms with Crippen LogP contribution < -0.4 is 5.32 Å². The fourth-order valence-electron chi connectivity index (χ4n) is 1.31. The third kappa shape index (κ3) is 20.9. The van der Waals surface area contributed by atoms with Gasteiger partial charge in [-0.15, -0.1) is 5.92 Å². The van der Waals surface area contributed by atoms with Gasteiger partial charge in [-0.3, -0.25) is 4.79 Å². The molecule has 0 unspecified atom stereocenters. The second-order valence-electron chi connectivity index (χ2n) is 4.76. The average Bonchev–Trinajstić information content (AvgIpc) is 2.59. The molecule has 1 N–H and O–H groups in total. The van der Waals surface area contributed by atoms with E-state index in [1.165, 1.54) is 0 Å². The lowest BCUT2D eigenvalue weighted by Gasteiger charge is -2.09. The maximum absolute atomic E-state index is 11.3. The number of carbonyl (C=O) groups is 1. The summed E-state index contributed by atoms with van der Waals surface area (Å²) < 4.78 is 21.2. The molecule has 0 aromatic heterocycles. The van der Waals surface area contributed by atoms with Crippen LogP contribution in [0.25, 0.3) is 0 Å². The fourth-order valence-corrected chi connectivity index (χ4v) is 1.31. The molecule has 0 atom stereocenters. The van der Waals surface area contributed by atoms with Crippen LogP contribution in [0.3, 0.4) is 0 Å². The van der Waals surface area contributed by atoms with Gasteiger partial charge in [0.05, 0.1) is 46.2 Å². The maximum atomic E-state index is 11.3. The van der Waals surface area contributed by atoms with E-state index in [4.69, 9.17) is 18.9 Å². The molecule has 6 nitrogen and oxygen atoms in total. The minimum atomic E-state index is 0.00769. The molecule has 0 aromatic rings. The molecule has 0 rings (SSSR count). The SMILES string of the molecule is CC.CC#CCOCCOCCOCCOCCNC(=O)C(C)C. The standard InChI is InChI=1S/C16H29NO5.C2H6/c1-4-5-7-19-9-11-21-13-14-22-12-10-20-8-6-17-16(18)15(2)3;1-2/h15H,6-14H2,1-3H3,(H,17,18);1-2H3. The van der Waals surface area contributed by atoms with E-state index in [1.54, 1.807) is 6.92 Å². The Bertz CT molecular complexity index is 323. The van der Waals surface area contributed by atoms with Crippen molar-refractivity contribution in [3.05, 3.63) is 0 Å². The summed E-state index contributed by atoms with van der Waals surface area (Å²) >= 11 is 0. The highest BCUT2D eigenvalue weighted by atomic mass is 16.6. The van der Waals surface area contributed by atoms with Gasteiger partial charge in [0.25, 0.3) is 0 Å². The van der Waals surface area contributed by atoms with Crippen LogP contribution >= 0.6 is 0 Å². The van der Waals surface area contributed by atoms with E-state index < -0.39 is 0 Å². The molecule has 0 heterocycles. The summed E-state index contributed by atoms with van der Waals surface area (Å²) in [6, 6.07) is 0. The van der Waals surface area contributed by atoms with Gasteiger partial charge >= 0.3 is 0 Å². The van der Waals surface area contributed by atoms with Gasteiger partial charge in [-0.1, -0.05) is 33.6 Å². The third-order valence-corrected chi connectivity index (χ3v) is 2.54. The average molecular weight is 345 g/mol. The predicted octanol–water partition coefficient (Wildman–Crippen LogP) is 1.87. The molecule has 0 aromatic carbocycles. The number of nitrogens with one attached hydrogen (secondary N) is 1. The van der Waals surface area contributed by atoms with Crippen molar-refractivity contribution in [3.63, 3.8) is 0 Å². The second-order valence-corrected chi connectivity index (χ2v) is 4.76. The molecule has 0 saturated carbocycles. The summed E-state index contributed by atoms with van der Waals surface area (Å²) in [5.74, 6) is 5.62. The van der Waals surface area contributed by atoms with Gasteiger partial charge in [0, 0.05) is 12.5 Å². The molecule has 0 saturated heterocycles. The van der Waals surface area contributed by atoms with Crippen LogP contribution in [-0.2, 0) is 23.7 Å². The Balaban J connectivity index is 0. The highest BCUT2D eigenvalue weighted by Gasteiger charge is 2.04. The van der Waals surface area contributed by atoms with Crippen molar-refractivity contribution in [1.82, 2.24) is 5.32 Å². The maximum Gasteiger partial charge on any atom is 0.222 e. The monoisotopic (exact) mass is 345 g/mol. The van der Waals surface area contributed by atoms with Crippen LogP contribution in [0.1, 0.15) is 34.6 Å². The molecule has 0 aliphatic carbocycles. The summed E-state index contributed by atoms with van der Waals surface area (Å²) in [6.45, 7) is 14.2. The molecule has 0 aliphatic heterocycles. The van der Waals surface area contributed by atoms with E-state index in [-0.39, 0.29) is 11.8 Å². The second kappa shape index (κ2) is 21.9. The molecule has 6 heteroatoms. The zero-order valence-electron chi connectivity index (χ0n) is 16.0. The van der Waals surface area contributed by atoms with Crippen LogP contribution in [0.15, 0.2) is 0 Å². The van der Waals surface area contributed by atoms with E-state index in [2.05, 4.69) is 17.2 Å². The Morgan fingerprint density at radius 1 is 0.875 bits per heavy atom. The van der Waals surface area contributed by atoms with Crippen LogP contribution in [0.5, 0.6) is 0 Å². The fraction of sp³-hybridized carbons (Fsp3) is 0.833. The van der Waals surface area contributed by atoms with E-state index in [0.717, 1.165) is 0 Å². The predicted molar refractivity (Wildman–Crippen MR) is 95.9 cm³/mol. The summed E-state index contributed by atoms with van der Waals surface area (Å²) in [5.41, 5.74) is 0. The molecular weight excluding hydrogens is 310 g/mol. The van der Waals surface area contributed by atoms with Crippen molar-refractivity contribution in [1.29, 1.82) is 0 Å². The number of carbonyl (C=O) groups excluding carboxylic acids is 1. The molecular formula is C18H35NO5. The van der Waals surface area contributed by atoms with Gasteiger partial charge in [0.1, 0.15) is 6.61 Å². The summed E-state index contributed by atoms with van der Waals surface area (Å²) in [4.78, 5) is 11.3. The van der Waals surface area contributed by atoms with E-state index in [0.29, 0.717) is 59.4 Å². The quantitative estimate of drug-likeness (QED) is 0.385. The largest absolute Gasteiger partial charge is 0.377 e. The van der Waals surface area contributed by atoms with Crippen LogP contribution in [0.2, 0.25) is 0 Å². The first kappa shape index (κ1) is 25.1. The van der Waals surface area contributed by atoms with Crippen LogP contribution in [0, 0.1) is 17.8 Å². The lowest BCUT2D eigenvalue weighted by molar-refractivity contribution is -0.124. The Kier molecular flexibility index (Phi) is 22.9. The van der Waals surface area contributed by atoms with Crippen molar-refractivity contribution in [2.24, 2.45) is 5.92 Å². The number of rotatable bonds is 14. The van der Waals surface area contributed by atoms with Gasteiger partial charge < -0.3 is 24.3 Å². The Morgan fingerprint density at radius 3 is 1.79 bits per heavy atom. The Labute approximate surface area is 147 Å². The molecule has 142 valence electrons. The van der Waals surface area contributed by atoms with Crippen molar-refractivity contribution in [3.8, 4) is 11.8 Å². The topological polar surface area (TPSA) is 66.0 Å². The van der Waals surface area contributed by atoms with Crippen molar-refractivity contribution in [2.45, 2.75) is 34.6 Å².